The molecule has 0 aliphatic carbocycles. The van der Waals surface area contributed by atoms with E-state index in [0.29, 0.717) is 0 Å². The van der Waals surface area contributed by atoms with E-state index in [1.165, 1.54) is 52.0 Å². The summed E-state index contributed by atoms with van der Waals surface area (Å²) >= 11 is 0. The van der Waals surface area contributed by atoms with Crippen LogP contribution in [0.3, 0.4) is 0 Å². The van der Waals surface area contributed by atoms with Gasteiger partial charge in [0, 0.05) is 6.04 Å². The number of hydrogen-bond acceptors (Lipinski definition) is 2. The molecule has 4 heteroatoms. The molecule has 3 nitrogen and oxygen atoms in total. The molecule has 0 N–H and O–H groups in total. The van der Waals surface area contributed by atoms with Gasteiger partial charge in [-0.05, 0) is 71.8 Å². The van der Waals surface area contributed by atoms with Crippen molar-refractivity contribution in [3.8, 4) is 0 Å². The minimum atomic E-state index is 0. The standard InChI is InChI=1S/C14H28N3.K/c1-13(2)17-9-4-14(5-10-17)3-8-16-11-6-15-7-12-16;/h13-14H,3-12H2,1-2H3;/q-1;+1. The summed E-state index contributed by atoms with van der Waals surface area (Å²) in [6.07, 6.45) is 4.23. The molecule has 2 heterocycles. The molecule has 2 rings (SSSR count). The zero-order chi connectivity index (χ0) is 12.1. The molecule has 0 amide bonds. The van der Waals surface area contributed by atoms with Gasteiger partial charge in [0.25, 0.3) is 0 Å². The van der Waals surface area contributed by atoms with Crippen molar-refractivity contribution in [2.24, 2.45) is 5.92 Å². The minimum Gasteiger partial charge on any atom is -0.660 e. The zero-order valence-corrected chi connectivity index (χ0v) is 15.7. The second kappa shape index (κ2) is 9.45. The molecule has 0 radical (unpaired) electrons. The fourth-order valence-corrected chi connectivity index (χ4v) is 2.99. The van der Waals surface area contributed by atoms with Crippen molar-refractivity contribution in [2.75, 3.05) is 45.8 Å². The Balaban J connectivity index is 0.00000162. The fraction of sp³-hybridized carbons (Fsp3) is 1.00. The number of piperidine rings is 1. The van der Waals surface area contributed by atoms with E-state index in [9.17, 15) is 0 Å². The van der Waals surface area contributed by atoms with Gasteiger partial charge in [-0.15, -0.1) is 13.1 Å². The summed E-state index contributed by atoms with van der Waals surface area (Å²) in [5, 5.41) is 4.40. The first-order chi connectivity index (χ1) is 8.25. The second-order valence-electron chi connectivity index (χ2n) is 5.87. The second-order valence-corrected chi connectivity index (χ2v) is 5.87. The van der Waals surface area contributed by atoms with Crippen molar-refractivity contribution in [3.63, 3.8) is 0 Å². The molecule has 0 aromatic heterocycles. The first-order valence-corrected chi connectivity index (χ1v) is 7.35. The molecule has 0 bridgehead atoms. The Labute approximate surface area is 155 Å². The summed E-state index contributed by atoms with van der Waals surface area (Å²) in [4.78, 5) is 5.22. The van der Waals surface area contributed by atoms with Gasteiger partial charge in [-0.1, -0.05) is 0 Å². The average molecular weight is 277 g/mol. The van der Waals surface area contributed by atoms with Crippen LogP contribution >= 0.6 is 0 Å². The van der Waals surface area contributed by atoms with Crippen LogP contribution in [0.2, 0.25) is 0 Å². The summed E-state index contributed by atoms with van der Waals surface area (Å²) in [5.74, 6) is 0.976. The van der Waals surface area contributed by atoms with Crippen LogP contribution in [0.1, 0.15) is 33.1 Å². The van der Waals surface area contributed by atoms with Crippen LogP contribution in [0, 0.1) is 5.92 Å². The van der Waals surface area contributed by atoms with Gasteiger partial charge in [-0.25, -0.2) is 0 Å². The van der Waals surface area contributed by atoms with Gasteiger partial charge in [0.15, 0.2) is 0 Å². The van der Waals surface area contributed by atoms with Crippen molar-refractivity contribution in [2.45, 2.75) is 39.2 Å². The molecular formula is C14H28KN3. The van der Waals surface area contributed by atoms with Crippen LogP contribution < -0.4 is 51.4 Å². The van der Waals surface area contributed by atoms with Crippen LogP contribution in [0.15, 0.2) is 0 Å². The van der Waals surface area contributed by atoms with Crippen molar-refractivity contribution < 1.29 is 51.4 Å². The van der Waals surface area contributed by atoms with E-state index in [1.807, 2.05) is 0 Å². The molecule has 2 aliphatic rings. The molecule has 0 unspecified atom stereocenters. The number of nitrogens with zero attached hydrogens (tertiary/aromatic N) is 3. The third kappa shape index (κ3) is 5.88. The fourth-order valence-electron chi connectivity index (χ4n) is 2.99. The van der Waals surface area contributed by atoms with E-state index in [2.05, 4.69) is 29.0 Å². The molecule has 0 saturated carbocycles. The first-order valence-electron chi connectivity index (χ1n) is 7.35. The quantitative estimate of drug-likeness (QED) is 0.627. The molecule has 2 saturated heterocycles. The third-order valence-corrected chi connectivity index (χ3v) is 4.38. The third-order valence-electron chi connectivity index (χ3n) is 4.38. The van der Waals surface area contributed by atoms with E-state index in [0.717, 1.165) is 25.0 Å². The normalized spacial score (nSPS) is 24.2. The molecule has 2 fully saturated rings. The Hall–Kier alpha value is 1.52. The van der Waals surface area contributed by atoms with Crippen LogP contribution in [0.5, 0.6) is 0 Å². The Bertz CT molecular complexity index is 209. The average Bonchev–Trinajstić information content (AvgIpc) is 2.38. The Morgan fingerprint density at radius 1 is 1.06 bits per heavy atom. The van der Waals surface area contributed by atoms with Gasteiger partial charge in [-0.2, -0.15) is 0 Å². The molecule has 18 heavy (non-hydrogen) atoms. The smallest absolute Gasteiger partial charge is 0.660 e. The van der Waals surface area contributed by atoms with Gasteiger partial charge in [0.1, 0.15) is 0 Å². The van der Waals surface area contributed by atoms with Crippen LogP contribution in [0.25, 0.3) is 5.32 Å². The molecule has 0 aromatic rings. The van der Waals surface area contributed by atoms with Crippen molar-refractivity contribution in [1.82, 2.24) is 9.80 Å². The van der Waals surface area contributed by atoms with E-state index >= 15 is 0 Å². The van der Waals surface area contributed by atoms with Crippen molar-refractivity contribution in [3.05, 3.63) is 5.32 Å². The Morgan fingerprint density at radius 2 is 1.67 bits per heavy atom. The summed E-state index contributed by atoms with van der Waals surface area (Å²) < 4.78 is 0. The van der Waals surface area contributed by atoms with E-state index < -0.39 is 0 Å². The number of rotatable bonds is 4. The first kappa shape index (κ1) is 17.6. The van der Waals surface area contributed by atoms with Gasteiger partial charge in [0.05, 0.1) is 0 Å². The minimum absolute atomic E-state index is 0. The predicted octanol–water partition coefficient (Wildman–Crippen LogP) is -0.810. The summed E-state index contributed by atoms with van der Waals surface area (Å²) in [6, 6.07) is 0.736. The van der Waals surface area contributed by atoms with Gasteiger partial charge < -0.3 is 15.1 Å². The van der Waals surface area contributed by atoms with Gasteiger partial charge >= 0.3 is 51.4 Å². The number of piperazine rings is 1. The van der Waals surface area contributed by atoms with Gasteiger partial charge in [0.2, 0.25) is 0 Å². The topological polar surface area (TPSA) is 20.6 Å². The van der Waals surface area contributed by atoms with Crippen LogP contribution in [0.4, 0.5) is 0 Å². The van der Waals surface area contributed by atoms with Crippen molar-refractivity contribution >= 4 is 0 Å². The SMILES string of the molecule is CC(C)N1CCC(CCN2CC[N-]CC2)CC1.[K+]. The monoisotopic (exact) mass is 277 g/mol. The predicted molar refractivity (Wildman–Crippen MR) is 73.6 cm³/mol. The van der Waals surface area contributed by atoms with E-state index in [4.69, 9.17) is 0 Å². The zero-order valence-electron chi connectivity index (χ0n) is 12.6. The van der Waals surface area contributed by atoms with Gasteiger partial charge in [-0.3, -0.25) is 0 Å². The summed E-state index contributed by atoms with van der Waals surface area (Å²) in [5.41, 5.74) is 0. The number of hydrogen-bond donors (Lipinski definition) is 0. The molecule has 0 atom stereocenters. The summed E-state index contributed by atoms with van der Waals surface area (Å²) in [6.45, 7) is 13.1. The van der Waals surface area contributed by atoms with Crippen LogP contribution in [-0.2, 0) is 0 Å². The van der Waals surface area contributed by atoms with E-state index in [-0.39, 0.29) is 51.4 Å². The van der Waals surface area contributed by atoms with E-state index in [1.54, 1.807) is 0 Å². The maximum atomic E-state index is 4.40. The largest absolute Gasteiger partial charge is 1.00 e. The molecule has 100 valence electrons. The molecule has 2 aliphatic heterocycles. The Kier molecular flexibility index (Phi) is 9.23. The van der Waals surface area contributed by atoms with Crippen molar-refractivity contribution in [1.29, 1.82) is 0 Å². The number of likely N-dealkylation sites (tertiary alicyclic amines) is 1. The summed E-state index contributed by atoms with van der Waals surface area (Å²) in [7, 11) is 0. The molecule has 0 spiro atoms. The maximum absolute atomic E-state index is 4.40. The maximum Gasteiger partial charge on any atom is 1.00 e. The Morgan fingerprint density at radius 3 is 2.22 bits per heavy atom. The molecule has 0 aromatic carbocycles. The van der Waals surface area contributed by atoms with Crippen LogP contribution in [-0.4, -0.2) is 61.7 Å². The molecular weight excluding hydrogens is 249 g/mol.